The van der Waals surface area contributed by atoms with Gasteiger partial charge < -0.3 is 19.9 Å². The Hall–Kier alpha value is -2.08. The first-order valence-electron chi connectivity index (χ1n) is 7.67. The number of carbonyl (C=O) groups is 2. The lowest BCUT2D eigenvalue weighted by molar-refractivity contribution is -0.131. The van der Waals surface area contributed by atoms with Gasteiger partial charge in [-0.25, -0.2) is 0 Å². The Morgan fingerprint density at radius 3 is 2.86 bits per heavy atom. The molecule has 0 bridgehead atoms. The summed E-state index contributed by atoms with van der Waals surface area (Å²) < 4.78 is 5.45. The maximum Gasteiger partial charge on any atom is 0.265 e. The molecule has 2 heterocycles. The molecule has 0 saturated carbocycles. The van der Waals surface area contributed by atoms with Crippen LogP contribution in [0.15, 0.2) is 18.2 Å². The number of fused-ring (bicyclic) bond motifs is 1. The number of carbonyl (C=O) groups excluding carboxylic acids is 2. The highest BCUT2D eigenvalue weighted by Gasteiger charge is 2.26. The summed E-state index contributed by atoms with van der Waals surface area (Å²) in [5.41, 5.74) is 1.83. The van der Waals surface area contributed by atoms with Crippen molar-refractivity contribution in [1.29, 1.82) is 0 Å². The van der Waals surface area contributed by atoms with Crippen LogP contribution in [-0.4, -0.2) is 56.0 Å². The molecular weight excluding hydrogens is 282 g/mol. The van der Waals surface area contributed by atoms with Crippen molar-refractivity contribution in [3.8, 4) is 5.75 Å². The first-order valence-corrected chi connectivity index (χ1v) is 7.67. The van der Waals surface area contributed by atoms with Gasteiger partial charge in [-0.2, -0.15) is 0 Å². The van der Waals surface area contributed by atoms with Gasteiger partial charge in [-0.15, -0.1) is 0 Å². The van der Waals surface area contributed by atoms with Crippen molar-refractivity contribution >= 4 is 17.5 Å². The molecule has 0 unspecified atom stereocenters. The number of amides is 2. The lowest BCUT2D eigenvalue weighted by atomic mass is 10.1. The van der Waals surface area contributed by atoms with E-state index in [9.17, 15) is 9.59 Å². The Kier molecular flexibility index (Phi) is 4.29. The summed E-state index contributed by atoms with van der Waals surface area (Å²) in [5.74, 6) is 0.723. The van der Waals surface area contributed by atoms with E-state index in [0.29, 0.717) is 18.7 Å². The van der Waals surface area contributed by atoms with E-state index < -0.39 is 0 Å². The van der Waals surface area contributed by atoms with Crippen LogP contribution in [0, 0.1) is 6.92 Å². The van der Waals surface area contributed by atoms with E-state index >= 15 is 0 Å². The Balaban J connectivity index is 1.68. The fourth-order valence-corrected chi connectivity index (χ4v) is 2.84. The van der Waals surface area contributed by atoms with E-state index in [4.69, 9.17) is 4.74 Å². The molecule has 0 atom stereocenters. The van der Waals surface area contributed by atoms with E-state index in [0.717, 1.165) is 37.4 Å². The average molecular weight is 303 g/mol. The smallest absolute Gasteiger partial charge is 0.265 e. The van der Waals surface area contributed by atoms with Crippen molar-refractivity contribution in [2.24, 2.45) is 0 Å². The zero-order chi connectivity index (χ0) is 15.5. The van der Waals surface area contributed by atoms with Crippen LogP contribution in [-0.2, 0) is 9.59 Å². The van der Waals surface area contributed by atoms with Gasteiger partial charge in [0.05, 0.1) is 5.69 Å². The fourth-order valence-electron chi connectivity index (χ4n) is 2.84. The predicted octanol–water partition coefficient (Wildman–Crippen LogP) is 0.542. The molecule has 0 spiro atoms. The summed E-state index contributed by atoms with van der Waals surface area (Å²) in [6, 6.07) is 5.77. The van der Waals surface area contributed by atoms with Gasteiger partial charge in [0.1, 0.15) is 5.75 Å². The number of hydrogen-bond acceptors (Lipinski definition) is 4. The highest BCUT2D eigenvalue weighted by atomic mass is 16.5. The van der Waals surface area contributed by atoms with Crippen LogP contribution in [0.2, 0.25) is 0 Å². The number of nitrogens with zero attached hydrogens (tertiary/aromatic N) is 2. The van der Waals surface area contributed by atoms with Gasteiger partial charge in [-0.3, -0.25) is 9.59 Å². The molecule has 22 heavy (non-hydrogen) atoms. The second-order valence-electron chi connectivity index (χ2n) is 5.69. The van der Waals surface area contributed by atoms with Crippen molar-refractivity contribution in [3.05, 3.63) is 23.8 Å². The fraction of sp³-hybridized carbons (Fsp3) is 0.500. The molecule has 2 aliphatic heterocycles. The monoisotopic (exact) mass is 303 g/mol. The highest BCUT2D eigenvalue weighted by Crippen LogP contribution is 2.32. The summed E-state index contributed by atoms with van der Waals surface area (Å²) in [4.78, 5) is 27.9. The van der Waals surface area contributed by atoms with Crippen LogP contribution in [0.3, 0.4) is 0 Å². The summed E-state index contributed by atoms with van der Waals surface area (Å²) in [6.45, 7) is 5.58. The minimum Gasteiger partial charge on any atom is -0.482 e. The molecule has 0 aliphatic carbocycles. The molecule has 3 rings (SSSR count). The van der Waals surface area contributed by atoms with Crippen LogP contribution < -0.4 is 15.0 Å². The first-order chi connectivity index (χ1) is 10.6. The predicted molar refractivity (Wildman–Crippen MR) is 83.1 cm³/mol. The topological polar surface area (TPSA) is 61.9 Å². The number of rotatable bonds is 3. The largest absolute Gasteiger partial charge is 0.482 e. The van der Waals surface area contributed by atoms with Gasteiger partial charge in [0.15, 0.2) is 6.61 Å². The van der Waals surface area contributed by atoms with Crippen molar-refractivity contribution in [2.75, 3.05) is 44.2 Å². The maximum atomic E-state index is 12.3. The van der Waals surface area contributed by atoms with E-state index in [2.05, 4.69) is 5.32 Å². The summed E-state index contributed by atoms with van der Waals surface area (Å²) in [5, 5.41) is 3.23. The number of piperazine rings is 1. The van der Waals surface area contributed by atoms with Crippen LogP contribution in [0.1, 0.15) is 12.0 Å². The minimum absolute atomic E-state index is 0.0396. The SMILES string of the molecule is Cc1ccc2c(c1)N(CCC(=O)N1CCNCC1)C(=O)CO2. The number of benzene rings is 1. The minimum atomic E-state index is -0.0915. The average Bonchev–Trinajstić information content (AvgIpc) is 2.54. The maximum absolute atomic E-state index is 12.3. The number of hydrogen-bond donors (Lipinski definition) is 1. The number of aryl methyl sites for hydroxylation is 1. The van der Waals surface area contributed by atoms with E-state index in [-0.39, 0.29) is 18.4 Å². The zero-order valence-corrected chi connectivity index (χ0v) is 12.8. The van der Waals surface area contributed by atoms with Crippen molar-refractivity contribution in [2.45, 2.75) is 13.3 Å². The molecule has 1 fully saturated rings. The lowest BCUT2D eigenvalue weighted by Crippen LogP contribution is -2.48. The third-order valence-corrected chi connectivity index (χ3v) is 4.08. The van der Waals surface area contributed by atoms with Crippen LogP contribution >= 0.6 is 0 Å². The first kappa shape index (κ1) is 14.8. The van der Waals surface area contributed by atoms with Crippen LogP contribution in [0.5, 0.6) is 5.75 Å². The van der Waals surface area contributed by atoms with Gasteiger partial charge in [0.25, 0.3) is 5.91 Å². The highest BCUT2D eigenvalue weighted by molar-refractivity contribution is 5.98. The van der Waals surface area contributed by atoms with Crippen molar-refractivity contribution in [3.63, 3.8) is 0 Å². The van der Waals surface area contributed by atoms with Gasteiger partial charge in [-0.05, 0) is 24.6 Å². The molecule has 2 aliphatic rings. The second kappa shape index (κ2) is 6.36. The van der Waals surface area contributed by atoms with Gasteiger partial charge in [0, 0.05) is 39.1 Å². The van der Waals surface area contributed by atoms with E-state index in [1.54, 1.807) is 4.90 Å². The third kappa shape index (κ3) is 3.06. The molecular formula is C16H21N3O3. The van der Waals surface area contributed by atoms with Crippen LogP contribution in [0.25, 0.3) is 0 Å². The Morgan fingerprint density at radius 1 is 1.32 bits per heavy atom. The molecule has 118 valence electrons. The third-order valence-electron chi connectivity index (χ3n) is 4.08. The molecule has 1 saturated heterocycles. The molecule has 0 aromatic heterocycles. The quantitative estimate of drug-likeness (QED) is 0.885. The van der Waals surface area contributed by atoms with Gasteiger partial charge in [0.2, 0.25) is 5.91 Å². The molecule has 1 aromatic carbocycles. The molecule has 1 aromatic rings. The van der Waals surface area contributed by atoms with Crippen LogP contribution in [0.4, 0.5) is 5.69 Å². The van der Waals surface area contributed by atoms with E-state index in [1.165, 1.54) is 0 Å². The summed E-state index contributed by atoms with van der Waals surface area (Å²) >= 11 is 0. The van der Waals surface area contributed by atoms with Gasteiger partial charge in [-0.1, -0.05) is 6.07 Å². The summed E-state index contributed by atoms with van der Waals surface area (Å²) in [7, 11) is 0. The Morgan fingerprint density at radius 2 is 2.09 bits per heavy atom. The van der Waals surface area contributed by atoms with Crippen molar-refractivity contribution in [1.82, 2.24) is 10.2 Å². The molecule has 0 radical (unpaired) electrons. The normalized spacial score (nSPS) is 18.0. The molecule has 2 amide bonds. The number of nitrogens with one attached hydrogen (secondary N) is 1. The Bertz CT molecular complexity index is 582. The van der Waals surface area contributed by atoms with E-state index in [1.807, 2.05) is 30.0 Å². The second-order valence-corrected chi connectivity index (χ2v) is 5.69. The van der Waals surface area contributed by atoms with Gasteiger partial charge >= 0.3 is 0 Å². The standard InChI is InChI=1S/C16H21N3O3/c1-12-2-3-14-13(10-12)19(16(21)11-22-14)7-4-15(20)18-8-5-17-6-9-18/h2-3,10,17H,4-9,11H2,1H3. The molecule has 6 nitrogen and oxygen atoms in total. The summed E-state index contributed by atoms with van der Waals surface area (Å²) in [6.07, 6.45) is 0.346. The molecule has 1 N–H and O–H groups in total. The number of ether oxygens (including phenoxy) is 1. The molecule has 6 heteroatoms. The van der Waals surface area contributed by atoms with Crippen molar-refractivity contribution < 1.29 is 14.3 Å². The lowest BCUT2D eigenvalue weighted by Gasteiger charge is -2.31. The zero-order valence-electron chi connectivity index (χ0n) is 12.8. The number of anilines is 1. The Labute approximate surface area is 130 Å².